The summed E-state index contributed by atoms with van der Waals surface area (Å²) in [5, 5.41) is 0. The number of hydrogen-bond acceptors (Lipinski definition) is 4. The van der Waals surface area contributed by atoms with Crippen LogP contribution in [-0.2, 0) is 16.4 Å². The van der Waals surface area contributed by atoms with Crippen LogP contribution in [0.4, 0.5) is 11.4 Å². The molecule has 2 N–H and O–H groups in total. The monoisotopic (exact) mass is 318 g/mol. The third kappa shape index (κ3) is 3.60. The molecule has 118 valence electrons. The van der Waals surface area contributed by atoms with Crippen molar-refractivity contribution in [1.82, 2.24) is 0 Å². The SMILES string of the molecule is CCN(Cc1ccccc1)c1ccc(S(=O)(=O)CC)c(N)c1. The van der Waals surface area contributed by atoms with Crippen LogP contribution in [0, 0.1) is 0 Å². The van der Waals surface area contributed by atoms with Crippen molar-refractivity contribution in [3.05, 3.63) is 54.1 Å². The van der Waals surface area contributed by atoms with Gasteiger partial charge < -0.3 is 10.6 Å². The lowest BCUT2D eigenvalue weighted by atomic mass is 10.2. The number of hydrogen-bond donors (Lipinski definition) is 1. The third-order valence-corrected chi connectivity index (χ3v) is 5.47. The van der Waals surface area contributed by atoms with E-state index in [-0.39, 0.29) is 10.6 Å². The fraction of sp³-hybridized carbons (Fsp3) is 0.294. The van der Waals surface area contributed by atoms with Gasteiger partial charge in [-0.25, -0.2) is 8.42 Å². The molecule has 0 unspecified atom stereocenters. The summed E-state index contributed by atoms with van der Waals surface area (Å²) < 4.78 is 23.9. The molecular formula is C17H22N2O2S. The first-order chi connectivity index (χ1) is 10.5. The fourth-order valence-electron chi connectivity index (χ4n) is 2.36. The molecule has 0 fully saturated rings. The fourth-order valence-corrected chi connectivity index (χ4v) is 3.37. The number of sulfone groups is 1. The zero-order valence-corrected chi connectivity index (χ0v) is 13.8. The van der Waals surface area contributed by atoms with Crippen molar-refractivity contribution in [2.24, 2.45) is 0 Å². The summed E-state index contributed by atoms with van der Waals surface area (Å²) in [6.07, 6.45) is 0. The molecule has 4 nitrogen and oxygen atoms in total. The predicted molar refractivity (Wildman–Crippen MR) is 91.7 cm³/mol. The van der Waals surface area contributed by atoms with Crippen molar-refractivity contribution in [1.29, 1.82) is 0 Å². The Morgan fingerprint density at radius 1 is 1.05 bits per heavy atom. The Hall–Kier alpha value is -2.01. The highest BCUT2D eigenvalue weighted by atomic mass is 32.2. The molecule has 0 radical (unpaired) electrons. The van der Waals surface area contributed by atoms with Crippen LogP contribution in [0.2, 0.25) is 0 Å². The van der Waals surface area contributed by atoms with Crippen molar-refractivity contribution < 1.29 is 8.42 Å². The van der Waals surface area contributed by atoms with Gasteiger partial charge in [0.25, 0.3) is 0 Å². The van der Waals surface area contributed by atoms with E-state index >= 15 is 0 Å². The summed E-state index contributed by atoms with van der Waals surface area (Å²) in [6.45, 7) is 5.26. The van der Waals surface area contributed by atoms with Gasteiger partial charge in [-0.15, -0.1) is 0 Å². The Labute approximate surface area is 132 Å². The first-order valence-electron chi connectivity index (χ1n) is 7.39. The molecule has 2 aromatic carbocycles. The summed E-state index contributed by atoms with van der Waals surface area (Å²) in [4.78, 5) is 2.38. The second-order valence-corrected chi connectivity index (χ2v) is 7.37. The van der Waals surface area contributed by atoms with E-state index in [0.29, 0.717) is 5.69 Å². The van der Waals surface area contributed by atoms with Gasteiger partial charge >= 0.3 is 0 Å². The van der Waals surface area contributed by atoms with Crippen molar-refractivity contribution in [3.63, 3.8) is 0 Å². The molecule has 0 aliphatic carbocycles. The van der Waals surface area contributed by atoms with Crippen molar-refractivity contribution in [2.45, 2.75) is 25.3 Å². The second-order valence-electron chi connectivity index (χ2n) is 5.13. The average Bonchev–Trinajstić information content (AvgIpc) is 2.53. The molecule has 0 aliphatic rings. The Balaban J connectivity index is 2.29. The number of nitrogen functional groups attached to an aromatic ring is 1. The molecule has 5 heteroatoms. The Morgan fingerprint density at radius 2 is 1.73 bits per heavy atom. The van der Waals surface area contributed by atoms with Gasteiger partial charge in [0.2, 0.25) is 0 Å². The molecule has 0 aromatic heterocycles. The van der Waals surface area contributed by atoms with Gasteiger partial charge in [-0.1, -0.05) is 37.3 Å². The zero-order valence-electron chi connectivity index (χ0n) is 13.0. The molecule has 0 spiro atoms. The Kier molecular flexibility index (Phi) is 5.08. The largest absolute Gasteiger partial charge is 0.398 e. The molecule has 0 saturated heterocycles. The summed E-state index contributed by atoms with van der Waals surface area (Å²) in [6, 6.07) is 15.3. The zero-order chi connectivity index (χ0) is 16.2. The molecule has 2 aromatic rings. The number of nitrogens with zero attached hydrogens (tertiary/aromatic N) is 1. The van der Waals surface area contributed by atoms with Crippen molar-refractivity contribution in [2.75, 3.05) is 22.9 Å². The van der Waals surface area contributed by atoms with Crippen molar-refractivity contribution >= 4 is 21.2 Å². The van der Waals surface area contributed by atoms with Crippen LogP contribution in [0.1, 0.15) is 19.4 Å². The lowest BCUT2D eigenvalue weighted by Crippen LogP contribution is -2.22. The van der Waals surface area contributed by atoms with E-state index in [0.717, 1.165) is 18.8 Å². The summed E-state index contributed by atoms with van der Waals surface area (Å²) in [5.74, 6) is 0.0536. The van der Waals surface area contributed by atoms with Gasteiger partial charge in [-0.05, 0) is 30.7 Å². The van der Waals surface area contributed by atoms with Gasteiger partial charge in [-0.2, -0.15) is 0 Å². The van der Waals surface area contributed by atoms with Crippen LogP contribution in [0.25, 0.3) is 0 Å². The van der Waals surface area contributed by atoms with Crippen LogP contribution in [0.15, 0.2) is 53.4 Å². The normalized spacial score (nSPS) is 11.4. The number of nitrogens with two attached hydrogens (primary N) is 1. The maximum Gasteiger partial charge on any atom is 0.180 e. The molecule has 0 amide bonds. The first kappa shape index (κ1) is 16.4. The summed E-state index contributed by atoms with van der Waals surface area (Å²) in [7, 11) is -3.28. The molecule has 2 rings (SSSR count). The topological polar surface area (TPSA) is 63.4 Å². The van der Waals surface area contributed by atoms with E-state index in [4.69, 9.17) is 5.73 Å². The van der Waals surface area contributed by atoms with E-state index in [1.807, 2.05) is 24.3 Å². The standard InChI is InChI=1S/C17H22N2O2S/c1-3-19(13-14-8-6-5-7-9-14)15-10-11-17(16(18)12-15)22(20,21)4-2/h5-12H,3-4,13,18H2,1-2H3. The van der Waals surface area contributed by atoms with E-state index in [1.165, 1.54) is 5.56 Å². The molecule has 0 aliphatic heterocycles. The van der Waals surface area contributed by atoms with E-state index in [9.17, 15) is 8.42 Å². The van der Waals surface area contributed by atoms with Gasteiger partial charge in [0, 0.05) is 18.8 Å². The van der Waals surface area contributed by atoms with Gasteiger partial charge in [0.1, 0.15) is 0 Å². The van der Waals surface area contributed by atoms with Crippen molar-refractivity contribution in [3.8, 4) is 0 Å². The van der Waals surface area contributed by atoms with E-state index in [2.05, 4.69) is 24.0 Å². The number of benzene rings is 2. The minimum absolute atomic E-state index is 0.0536. The highest BCUT2D eigenvalue weighted by Crippen LogP contribution is 2.26. The highest BCUT2D eigenvalue weighted by molar-refractivity contribution is 7.91. The maximum absolute atomic E-state index is 12.0. The van der Waals surface area contributed by atoms with Gasteiger partial charge in [0.15, 0.2) is 9.84 Å². The summed E-state index contributed by atoms with van der Waals surface area (Å²) in [5.41, 5.74) is 8.41. The highest BCUT2D eigenvalue weighted by Gasteiger charge is 2.16. The van der Waals surface area contributed by atoms with Crippen LogP contribution in [-0.4, -0.2) is 20.7 Å². The quantitative estimate of drug-likeness (QED) is 0.831. The molecule has 22 heavy (non-hydrogen) atoms. The van der Waals surface area contributed by atoms with Crippen LogP contribution >= 0.6 is 0 Å². The summed E-state index contributed by atoms with van der Waals surface area (Å²) >= 11 is 0. The molecule has 0 atom stereocenters. The maximum atomic E-state index is 12.0. The van der Waals surface area contributed by atoms with E-state index in [1.54, 1.807) is 19.1 Å². The smallest absolute Gasteiger partial charge is 0.180 e. The van der Waals surface area contributed by atoms with E-state index < -0.39 is 9.84 Å². The molecule has 0 heterocycles. The van der Waals surface area contributed by atoms with Crippen LogP contribution in [0.5, 0.6) is 0 Å². The lowest BCUT2D eigenvalue weighted by molar-refractivity contribution is 0.597. The second kappa shape index (κ2) is 6.83. The van der Waals surface area contributed by atoms with Gasteiger partial charge in [0.05, 0.1) is 16.3 Å². The van der Waals surface area contributed by atoms with Crippen LogP contribution in [0.3, 0.4) is 0 Å². The minimum atomic E-state index is -3.28. The molecule has 0 saturated carbocycles. The molecular weight excluding hydrogens is 296 g/mol. The third-order valence-electron chi connectivity index (χ3n) is 3.67. The number of rotatable bonds is 6. The average molecular weight is 318 g/mol. The first-order valence-corrected chi connectivity index (χ1v) is 9.04. The van der Waals surface area contributed by atoms with Gasteiger partial charge in [-0.3, -0.25) is 0 Å². The Morgan fingerprint density at radius 3 is 2.27 bits per heavy atom. The van der Waals surface area contributed by atoms with Crippen LogP contribution < -0.4 is 10.6 Å². The Bertz CT molecular complexity index is 728. The predicted octanol–water partition coefficient (Wildman–Crippen LogP) is 3.09. The molecule has 0 bridgehead atoms. The number of anilines is 2. The minimum Gasteiger partial charge on any atom is -0.398 e. The lowest BCUT2D eigenvalue weighted by Gasteiger charge is -2.24.